The van der Waals surface area contributed by atoms with E-state index in [2.05, 4.69) is 17.4 Å². The van der Waals surface area contributed by atoms with Crippen molar-refractivity contribution in [3.63, 3.8) is 0 Å². The Hall–Kier alpha value is -1.55. The third kappa shape index (κ3) is 4.96. The van der Waals surface area contributed by atoms with Crippen LogP contribution in [0.2, 0.25) is 5.02 Å². The molecule has 0 aliphatic carbocycles. The third-order valence-corrected chi connectivity index (χ3v) is 4.35. The normalized spacial score (nSPS) is 17.3. The van der Waals surface area contributed by atoms with Gasteiger partial charge in [-0.2, -0.15) is 0 Å². The summed E-state index contributed by atoms with van der Waals surface area (Å²) in [6.07, 6.45) is 2.50. The van der Waals surface area contributed by atoms with Crippen LogP contribution in [0.5, 0.6) is 5.75 Å². The van der Waals surface area contributed by atoms with Crippen LogP contribution in [0.3, 0.4) is 0 Å². The first-order valence-electron chi connectivity index (χ1n) is 8.09. The van der Waals surface area contributed by atoms with Crippen LogP contribution >= 0.6 is 11.6 Å². The molecule has 3 rings (SSSR count). The first-order valence-corrected chi connectivity index (χ1v) is 8.46. The second-order valence-electron chi connectivity index (χ2n) is 5.78. The highest BCUT2D eigenvalue weighted by atomic mass is 35.5. The Balaban J connectivity index is 1.43. The largest absolute Gasteiger partial charge is 0.491 e. The number of nitrogens with one attached hydrogen (secondary N) is 1. The van der Waals surface area contributed by atoms with Gasteiger partial charge in [0, 0.05) is 24.7 Å². The van der Waals surface area contributed by atoms with E-state index in [1.165, 1.54) is 5.56 Å². The zero-order valence-electron chi connectivity index (χ0n) is 13.1. The molecular weight excluding hydrogens is 310 g/mol. The molecule has 23 heavy (non-hydrogen) atoms. The minimum Gasteiger partial charge on any atom is -0.491 e. The molecule has 0 radical (unpaired) electrons. The predicted octanol–water partition coefficient (Wildman–Crippen LogP) is 4.19. The average molecular weight is 332 g/mol. The van der Waals surface area contributed by atoms with Gasteiger partial charge in [0.15, 0.2) is 0 Å². The molecule has 0 amide bonds. The number of halogens is 1. The van der Waals surface area contributed by atoms with Crippen molar-refractivity contribution in [2.24, 2.45) is 0 Å². The van der Waals surface area contributed by atoms with Crippen molar-refractivity contribution in [3.05, 3.63) is 64.7 Å². The molecule has 2 aromatic carbocycles. The summed E-state index contributed by atoms with van der Waals surface area (Å²) < 4.78 is 11.3. The average Bonchev–Trinajstić information content (AvgIpc) is 3.09. The molecule has 1 heterocycles. The van der Waals surface area contributed by atoms with Crippen LogP contribution in [0.15, 0.2) is 48.5 Å². The molecule has 1 N–H and O–H groups in total. The quantitative estimate of drug-likeness (QED) is 0.825. The second-order valence-corrected chi connectivity index (χ2v) is 6.19. The van der Waals surface area contributed by atoms with Crippen LogP contribution in [-0.4, -0.2) is 19.3 Å². The van der Waals surface area contributed by atoms with Crippen molar-refractivity contribution in [2.75, 3.05) is 13.2 Å². The smallest absolute Gasteiger partial charge is 0.119 e. The van der Waals surface area contributed by atoms with Gasteiger partial charge in [0.2, 0.25) is 0 Å². The molecule has 4 heteroatoms. The molecule has 0 bridgehead atoms. The van der Waals surface area contributed by atoms with Crippen molar-refractivity contribution in [2.45, 2.75) is 32.0 Å². The van der Waals surface area contributed by atoms with E-state index in [1.54, 1.807) is 0 Å². The van der Waals surface area contributed by atoms with Crippen LogP contribution in [0.25, 0.3) is 0 Å². The van der Waals surface area contributed by atoms with Gasteiger partial charge < -0.3 is 14.8 Å². The topological polar surface area (TPSA) is 30.5 Å². The lowest BCUT2D eigenvalue weighted by atomic mass is 10.2. The highest BCUT2D eigenvalue weighted by Crippen LogP contribution is 2.17. The van der Waals surface area contributed by atoms with Crippen molar-refractivity contribution in [3.8, 4) is 5.75 Å². The summed E-state index contributed by atoms with van der Waals surface area (Å²) in [5.74, 6) is 0.898. The lowest BCUT2D eigenvalue weighted by molar-refractivity contribution is 0.0679. The second kappa shape index (κ2) is 8.34. The summed E-state index contributed by atoms with van der Waals surface area (Å²) in [5, 5.41) is 4.21. The molecule has 1 saturated heterocycles. The van der Waals surface area contributed by atoms with Gasteiger partial charge in [0.05, 0.1) is 6.10 Å². The van der Waals surface area contributed by atoms with Gasteiger partial charge in [-0.1, -0.05) is 41.9 Å². The third-order valence-electron chi connectivity index (χ3n) is 3.99. The molecule has 1 fully saturated rings. The van der Waals surface area contributed by atoms with Crippen LogP contribution < -0.4 is 10.1 Å². The summed E-state index contributed by atoms with van der Waals surface area (Å²) in [5.41, 5.74) is 2.34. The molecule has 3 nitrogen and oxygen atoms in total. The van der Waals surface area contributed by atoms with Crippen molar-refractivity contribution < 1.29 is 9.47 Å². The van der Waals surface area contributed by atoms with Crippen LogP contribution in [-0.2, 0) is 17.8 Å². The van der Waals surface area contributed by atoms with Crippen LogP contribution in [0.4, 0.5) is 0 Å². The fourth-order valence-corrected chi connectivity index (χ4v) is 2.85. The number of benzene rings is 2. The van der Waals surface area contributed by atoms with Gasteiger partial charge in [-0.15, -0.1) is 0 Å². The van der Waals surface area contributed by atoms with E-state index in [-0.39, 0.29) is 6.10 Å². The van der Waals surface area contributed by atoms with Crippen molar-refractivity contribution in [1.29, 1.82) is 0 Å². The maximum Gasteiger partial charge on any atom is 0.119 e. The molecule has 0 aromatic heterocycles. The fraction of sp³-hybridized carbons (Fsp3) is 0.368. The van der Waals surface area contributed by atoms with E-state index >= 15 is 0 Å². The predicted molar refractivity (Wildman–Crippen MR) is 92.9 cm³/mol. The van der Waals surface area contributed by atoms with Crippen molar-refractivity contribution in [1.82, 2.24) is 5.32 Å². The molecule has 1 aliphatic heterocycles. The monoisotopic (exact) mass is 331 g/mol. The van der Waals surface area contributed by atoms with Crippen LogP contribution in [0.1, 0.15) is 24.0 Å². The van der Waals surface area contributed by atoms with E-state index in [9.17, 15) is 0 Å². The zero-order valence-corrected chi connectivity index (χ0v) is 13.9. The molecule has 1 unspecified atom stereocenters. The lowest BCUT2D eigenvalue weighted by Crippen LogP contribution is -2.16. The highest BCUT2D eigenvalue weighted by molar-refractivity contribution is 6.31. The van der Waals surface area contributed by atoms with Crippen molar-refractivity contribution >= 4 is 11.6 Å². The maximum atomic E-state index is 6.15. The van der Waals surface area contributed by atoms with Gasteiger partial charge in [-0.25, -0.2) is 0 Å². The first-order chi connectivity index (χ1) is 11.3. The minimum absolute atomic E-state index is 0.256. The van der Waals surface area contributed by atoms with Gasteiger partial charge in [-0.05, 0) is 42.2 Å². The van der Waals surface area contributed by atoms with Gasteiger partial charge >= 0.3 is 0 Å². The van der Waals surface area contributed by atoms with Gasteiger partial charge in [0.1, 0.15) is 12.4 Å². The van der Waals surface area contributed by atoms with E-state index < -0.39 is 0 Å². The van der Waals surface area contributed by atoms with E-state index in [1.807, 2.05) is 36.4 Å². The van der Waals surface area contributed by atoms with Gasteiger partial charge in [0.25, 0.3) is 0 Å². The molecule has 122 valence electrons. The summed E-state index contributed by atoms with van der Waals surface area (Å²) in [6.45, 7) is 3.07. The van der Waals surface area contributed by atoms with E-state index in [0.717, 1.165) is 48.9 Å². The summed E-state index contributed by atoms with van der Waals surface area (Å²) in [6, 6.07) is 16.1. The van der Waals surface area contributed by atoms with Crippen LogP contribution in [0, 0.1) is 0 Å². The zero-order chi connectivity index (χ0) is 15.9. The number of hydrogen-bond donors (Lipinski definition) is 1. The molecule has 0 saturated carbocycles. The summed E-state index contributed by atoms with van der Waals surface area (Å²) >= 11 is 6.15. The summed E-state index contributed by atoms with van der Waals surface area (Å²) in [4.78, 5) is 0. The number of ether oxygens (including phenoxy) is 2. The Bertz CT molecular complexity index is 609. The Labute approximate surface area is 142 Å². The maximum absolute atomic E-state index is 6.15. The molecule has 1 atom stereocenters. The number of rotatable bonds is 7. The molecule has 0 spiro atoms. The first kappa shape index (κ1) is 16.3. The Morgan fingerprint density at radius 2 is 1.91 bits per heavy atom. The molecule has 1 aliphatic rings. The summed E-state index contributed by atoms with van der Waals surface area (Å²) in [7, 11) is 0. The fourth-order valence-electron chi connectivity index (χ4n) is 2.65. The van der Waals surface area contributed by atoms with E-state index in [4.69, 9.17) is 21.1 Å². The van der Waals surface area contributed by atoms with E-state index in [0.29, 0.717) is 6.61 Å². The minimum atomic E-state index is 0.256. The molecule has 2 aromatic rings. The lowest BCUT2D eigenvalue weighted by Gasteiger charge is -2.12. The Morgan fingerprint density at radius 3 is 2.65 bits per heavy atom. The Kier molecular flexibility index (Phi) is 5.92. The van der Waals surface area contributed by atoms with Gasteiger partial charge in [-0.3, -0.25) is 0 Å². The SMILES string of the molecule is Clc1ccccc1CNCc1ccc(OCC2CCCO2)cc1. The molecular formula is C19H22ClNO2. The standard InChI is InChI=1S/C19H22ClNO2/c20-19-6-2-1-4-16(19)13-21-12-15-7-9-17(10-8-15)23-14-18-5-3-11-22-18/h1-2,4,6-10,18,21H,3,5,11-14H2. The Morgan fingerprint density at radius 1 is 1.09 bits per heavy atom. The number of hydrogen-bond acceptors (Lipinski definition) is 3. The highest BCUT2D eigenvalue weighted by Gasteiger charge is 2.15.